The van der Waals surface area contributed by atoms with Gasteiger partial charge in [-0.25, -0.2) is 0 Å². The predicted molar refractivity (Wildman–Crippen MR) is 124 cm³/mol. The fraction of sp³-hybridized carbons (Fsp3) is 0.111. The Balaban J connectivity index is 1.71. The van der Waals surface area contributed by atoms with Gasteiger partial charge in [0.15, 0.2) is 0 Å². The summed E-state index contributed by atoms with van der Waals surface area (Å²) >= 11 is 0. The Morgan fingerprint density at radius 2 is 1.47 bits per heavy atom. The quantitative estimate of drug-likeness (QED) is 0.318. The summed E-state index contributed by atoms with van der Waals surface area (Å²) in [5.41, 5.74) is 2.95. The molecule has 0 bridgehead atoms. The van der Waals surface area contributed by atoms with Crippen LogP contribution in [0.4, 0.5) is 18.9 Å². The molecule has 172 valence electrons. The average Bonchev–Trinajstić information content (AvgIpc) is 2.84. The van der Waals surface area contributed by atoms with E-state index in [9.17, 15) is 18.0 Å². The number of hydrogen-bond donors (Lipinski definition) is 0. The van der Waals surface area contributed by atoms with E-state index in [0.717, 1.165) is 11.1 Å². The Morgan fingerprint density at radius 1 is 0.824 bits per heavy atom. The summed E-state index contributed by atoms with van der Waals surface area (Å²) in [6.07, 6.45) is -1.17. The largest absolute Gasteiger partial charge is 0.573 e. The summed E-state index contributed by atoms with van der Waals surface area (Å²) in [5.74, 6) is -0.690. The van der Waals surface area contributed by atoms with Crippen LogP contribution in [0.2, 0.25) is 0 Å². The van der Waals surface area contributed by atoms with E-state index in [2.05, 4.69) is 9.72 Å². The number of nitrogens with zero attached hydrogens (tertiary/aromatic N) is 2. The van der Waals surface area contributed by atoms with Crippen molar-refractivity contribution in [2.45, 2.75) is 19.3 Å². The van der Waals surface area contributed by atoms with E-state index >= 15 is 0 Å². The van der Waals surface area contributed by atoms with Gasteiger partial charge in [-0.1, -0.05) is 66.7 Å². The molecule has 0 saturated carbocycles. The van der Waals surface area contributed by atoms with Gasteiger partial charge in [-0.3, -0.25) is 9.78 Å². The zero-order chi connectivity index (χ0) is 24.0. The zero-order valence-corrected chi connectivity index (χ0v) is 18.1. The summed E-state index contributed by atoms with van der Waals surface area (Å²) in [6.45, 7) is -0.109. The molecule has 0 aliphatic rings. The van der Waals surface area contributed by atoms with Crippen LogP contribution in [-0.2, 0) is 13.0 Å². The van der Waals surface area contributed by atoms with Crippen LogP contribution in [0.15, 0.2) is 103 Å². The maximum Gasteiger partial charge on any atom is 0.573 e. The Morgan fingerprint density at radius 3 is 2.18 bits per heavy atom. The number of pyridine rings is 1. The molecule has 0 unspecified atom stereocenters. The molecular formula is C27H21F3N2O2. The first kappa shape index (κ1) is 23.0. The minimum atomic E-state index is -4.84. The van der Waals surface area contributed by atoms with E-state index in [1.165, 1.54) is 29.3 Å². The lowest BCUT2D eigenvalue weighted by Crippen LogP contribution is -2.31. The van der Waals surface area contributed by atoms with Crippen LogP contribution in [0, 0.1) is 0 Å². The number of aromatic nitrogens is 1. The van der Waals surface area contributed by atoms with Crippen molar-refractivity contribution in [3.05, 3.63) is 126 Å². The van der Waals surface area contributed by atoms with Crippen LogP contribution < -0.4 is 9.64 Å². The van der Waals surface area contributed by atoms with Gasteiger partial charge in [0.05, 0.1) is 6.54 Å². The molecule has 0 radical (unpaired) electrons. The standard InChI is InChI=1S/C27H21F3N2O2/c28-27(29,30)34-25-14-8-7-11-21(25)19-32(23-12-5-2-6-13-23)26(33)24-15-16-31-18-22(24)17-20-9-3-1-4-10-20/h1-16,18H,17,19H2. The van der Waals surface area contributed by atoms with Crippen molar-refractivity contribution in [2.24, 2.45) is 0 Å². The van der Waals surface area contributed by atoms with Crippen LogP contribution in [0.5, 0.6) is 5.75 Å². The van der Waals surface area contributed by atoms with Gasteiger partial charge >= 0.3 is 6.36 Å². The van der Waals surface area contributed by atoms with E-state index in [1.807, 2.05) is 30.3 Å². The van der Waals surface area contributed by atoms with E-state index in [1.54, 1.807) is 48.7 Å². The summed E-state index contributed by atoms with van der Waals surface area (Å²) in [4.78, 5) is 19.4. The molecule has 0 aliphatic heterocycles. The normalized spacial score (nSPS) is 11.1. The molecule has 7 heteroatoms. The molecule has 4 nitrogen and oxygen atoms in total. The van der Waals surface area contributed by atoms with Gasteiger partial charge in [0, 0.05) is 29.2 Å². The zero-order valence-electron chi connectivity index (χ0n) is 18.1. The van der Waals surface area contributed by atoms with Crippen LogP contribution in [0.25, 0.3) is 0 Å². The van der Waals surface area contributed by atoms with Crippen molar-refractivity contribution < 1.29 is 22.7 Å². The van der Waals surface area contributed by atoms with Gasteiger partial charge in [0.25, 0.3) is 5.91 Å². The summed E-state index contributed by atoms with van der Waals surface area (Å²) in [7, 11) is 0. The van der Waals surface area contributed by atoms with Crippen molar-refractivity contribution in [1.29, 1.82) is 0 Å². The third-order valence-corrected chi connectivity index (χ3v) is 5.21. The molecule has 34 heavy (non-hydrogen) atoms. The molecule has 0 fully saturated rings. The maximum atomic E-state index is 13.8. The second-order valence-electron chi connectivity index (χ2n) is 7.58. The highest BCUT2D eigenvalue weighted by Crippen LogP contribution is 2.30. The van der Waals surface area contributed by atoms with Crippen molar-refractivity contribution in [1.82, 2.24) is 4.98 Å². The van der Waals surface area contributed by atoms with Crippen molar-refractivity contribution in [2.75, 3.05) is 4.90 Å². The summed E-state index contributed by atoms with van der Waals surface area (Å²) in [5, 5.41) is 0. The lowest BCUT2D eigenvalue weighted by Gasteiger charge is -2.25. The highest BCUT2D eigenvalue weighted by atomic mass is 19.4. The average molecular weight is 462 g/mol. The fourth-order valence-electron chi connectivity index (χ4n) is 3.66. The van der Waals surface area contributed by atoms with E-state index in [0.29, 0.717) is 17.7 Å². The van der Waals surface area contributed by atoms with Crippen LogP contribution in [-0.4, -0.2) is 17.3 Å². The number of anilines is 1. The first-order valence-corrected chi connectivity index (χ1v) is 10.6. The van der Waals surface area contributed by atoms with Gasteiger partial charge in [-0.05, 0) is 41.8 Å². The molecule has 4 aromatic rings. The number of benzene rings is 3. The minimum Gasteiger partial charge on any atom is -0.405 e. The predicted octanol–water partition coefficient (Wildman–Crippen LogP) is 6.42. The molecular weight excluding hydrogens is 441 g/mol. The van der Waals surface area contributed by atoms with Crippen LogP contribution >= 0.6 is 0 Å². The molecule has 0 atom stereocenters. The maximum absolute atomic E-state index is 13.8. The molecule has 1 aromatic heterocycles. The highest BCUT2D eigenvalue weighted by molar-refractivity contribution is 6.07. The summed E-state index contributed by atoms with van der Waals surface area (Å²) < 4.78 is 43.1. The number of amides is 1. The second-order valence-corrected chi connectivity index (χ2v) is 7.58. The topological polar surface area (TPSA) is 42.4 Å². The number of ether oxygens (including phenoxy) is 1. The SMILES string of the molecule is O=C(c1ccncc1Cc1ccccc1)N(Cc1ccccc1OC(F)(F)F)c1ccccc1. The number of hydrogen-bond acceptors (Lipinski definition) is 3. The Hall–Kier alpha value is -4.13. The molecule has 0 spiro atoms. The molecule has 1 amide bonds. The molecule has 0 saturated heterocycles. The first-order valence-electron chi connectivity index (χ1n) is 10.6. The molecule has 3 aromatic carbocycles. The van der Waals surface area contributed by atoms with Crippen molar-refractivity contribution in [3.8, 4) is 5.75 Å². The third-order valence-electron chi connectivity index (χ3n) is 5.21. The van der Waals surface area contributed by atoms with Gasteiger partial charge < -0.3 is 9.64 Å². The van der Waals surface area contributed by atoms with Crippen molar-refractivity contribution in [3.63, 3.8) is 0 Å². The van der Waals surface area contributed by atoms with Gasteiger partial charge in [0.2, 0.25) is 0 Å². The number of carbonyl (C=O) groups excluding carboxylic acids is 1. The lowest BCUT2D eigenvalue weighted by molar-refractivity contribution is -0.274. The fourth-order valence-corrected chi connectivity index (χ4v) is 3.66. The Bertz CT molecular complexity index is 1250. The van der Waals surface area contributed by atoms with E-state index < -0.39 is 6.36 Å². The number of carbonyl (C=O) groups is 1. The van der Waals surface area contributed by atoms with Gasteiger partial charge in [-0.2, -0.15) is 0 Å². The van der Waals surface area contributed by atoms with E-state index in [-0.39, 0.29) is 23.8 Å². The lowest BCUT2D eigenvalue weighted by atomic mass is 10.0. The molecule has 1 heterocycles. The van der Waals surface area contributed by atoms with Gasteiger partial charge in [0.1, 0.15) is 5.75 Å². The smallest absolute Gasteiger partial charge is 0.405 e. The number of rotatable bonds is 7. The monoisotopic (exact) mass is 462 g/mol. The Kier molecular flexibility index (Phi) is 6.92. The molecule has 0 aliphatic carbocycles. The first-order chi connectivity index (χ1) is 16.4. The highest BCUT2D eigenvalue weighted by Gasteiger charge is 2.32. The Labute approximate surface area is 195 Å². The molecule has 0 N–H and O–H groups in total. The number of para-hydroxylation sites is 2. The number of halogens is 3. The van der Waals surface area contributed by atoms with Crippen molar-refractivity contribution >= 4 is 11.6 Å². The second kappa shape index (κ2) is 10.2. The van der Waals surface area contributed by atoms with E-state index in [4.69, 9.17) is 0 Å². The third kappa shape index (κ3) is 5.81. The van der Waals surface area contributed by atoms with Crippen LogP contribution in [0.1, 0.15) is 27.0 Å². The summed E-state index contributed by atoms with van der Waals surface area (Å²) in [6, 6.07) is 25.9. The minimum absolute atomic E-state index is 0.109. The molecule has 4 rings (SSSR count). The van der Waals surface area contributed by atoms with Crippen LogP contribution in [0.3, 0.4) is 0 Å². The number of alkyl halides is 3. The van der Waals surface area contributed by atoms with Gasteiger partial charge in [-0.15, -0.1) is 13.2 Å².